The molecule has 0 fully saturated rings. The van der Waals surface area contributed by atoms with Crippen molar-refractivity contribution in [3.05, 3.63) is 23.8 Å². The van der Waals surface area contributed by atoms with Crippen molar-refractivity contribution >= 4 is 11.9 Å². The largest absolute Gasteiger partial charge is 0.481 e. The number of carboxylic acids is 2. The van der Waals surface area contributed by atoms with E-state index in [0.29, 0.717) is 17.1 Å². The Balaban J connectivity index is 0.000000444. The summed E-state index contributed by atoms with van der Waals surface area (Å²) in [5, 5.41) is 25.8. The van der Waals surface area contributed by atoms with E-state index in [-0.39, 0.29) is 6.79 Å². The van der Waals surface area contributed by atoms with Crippen molar-refractivity contribution in [2.24, 2.45) is 5.73 Å². The molecule has 2 atom stereocenters. The lowest BCUT2D eigenvalue weighted by molar-refractivity contribution is -0.141. The smallest absolute Gasteiger partial charge is 0.323 e. The summed E-state index contributed by atoms with van der Waals surface area (Å²) in [6.07, 6.45) is -1.27. The highest BCUT2D eigenvalue weighted by Crippen LogP contribution is 2.34. The van der Waals surface area contributed by atoms with E-state index in [1.54, 1.807) is 12.1 Å². The fourth-order valence-electron chi connectivity index (χ4n) is 1.44. The Bertz CT molecular complexity index is 499. The summed E-state index contributed by atoms with van der Waals surface area (Å²) in [6.45, 7) is 1.21. The maximum Gasteiger partial charge on any atom is 0.323 e. The number of benzene rings is 1. The molecular weight excluding hydrogens is 270 g/mol. The summed E-state index contributed by atoms with van der Waals surface area (Å²) in [7, 11) is 0. The lowest BCUT2D eigenvalue weighted by atomic mass is 10.0. The average molecular weight is 285 g/mol. The zero-order chi connectivity index (χ0) is 15.3. The minimum atomic E-state index is -1.36. The second-order valence-corrected chi connectivity index (χ2v) is 3.94. The number of hydrogen-bond donors (Lipinski definition) is 4. The van der Waals surface area contributed by atoms with Crippen molar-refractivity contribution < 1.29 is 34.4 Å². The summed E-state index contributed by atoms with van der Waals surface area (Å²) in [5.41, 5.74) is 5.70. The lowest BCUT2D eigenvalue weighted by Crippen LogP contribution is -2.36. The lowest BCUT2D eigenvalue weighted by Gasteiger charge is -2.15. The number of carboxylic acid groups (broad SMARTS) is 2. The topological polar surface area (TPSA) is 139 Å². The first-order valence-corrected chi connectivity index (χ1v) is 5.58. The maximum atomic E-state index is 10.6. The van der Waals surface area contributed by atoms with Crippen LogP contribution in [0.3, 0.4) is 0 Å². The van der Waals surface area contributed by atoms with Crippen molar-refractivity contribution in [1.82, 2.24) is 0 Å². The third kappa shape index (κ3) is 4.11. The van der Waals surface area contributed by atoms with Gasteiger partial charge in [-0.3, -0.25) is 9.59 Å². The van der Waals surface area contributed by atoms with E-state index in [1.807, 2.05) is 0 Å². The minimum Gasteiger partial charge on any atom is -0.481 e. The minimum absolute atomic E-state index is 0.125. The summed E-state index contributed by atoms with van der Waals surface area (Å²) in [5.74, 6) is -1.04. The first-order valence-electron chi connectivity index (χ1n) is 5.58. The molecule has 0 radical (unpaired) electrons. The molecule has 1 aromatic carbocycles. The van der Waals surface area contributed by atoms with Gasteiger partial charge in [0, 0.05) is 6.92 Å². The van der Waals surface area contributed by atoms with Crippen LogP contribution in [0.4, 0.5) is 0 Å². The Hall–Kier alpha value is -2.32. The molecule has 8 heteroatoms. The molecule has 0 aromatic heterocycles. The number of nitrogens with two attached hydrogens (primary N) is 1. The van der Waals surface area contributed by atoms with Gasteiger partial charge in [-0.2, -0.15) is 0 Å². The Kier molecular flexibility index (Phi) is 5.30. The molecule has 2 rings (SSSR count). The van der Waals surface area contributed by atoms with Crippen molar-refractivity contribution in [3.63, 3.8) is 0 Å². The van der Waals surface area contributed by atoms with Gasteiger partial charge in [-0.25, -0.2) is 0 Å². The molecule has 5 N–H and O–H groups in total. The van der Waals surface area contributed by atoms with Gasteiger partial charge < -0.3 is 30.5 Å². The van der Waals surface area contributed by atoms with Crippen LogP contribution in [0.1, 0.15) is 18.6 Å². The molecule has 20 heavy (non-hydrogen) atoms. The van der Waals surface area contributed by atoms with Gasteiger partial charge in [0.2, 0.25) is 6.79 Å². The van der Waals surface area contributed by atoms with Gasteiger partial charge in [0.1, 0.15) is 12.1 Å². The van der Waals surface area contributed by atoms with Crippen LogP contribution < -0.4 is 15.2 Å². The van der Waals surface area contributed by atoms with Crippen molar-refractivity contribution in [2.45, 2.75) is 19.1 Å². The molecule has 0 saturated carbocycles. The van der Waals surface area contributed by atoms with E-state index in [0.717, 1.165) is 6.92 Å². The SMILES string of the molecule is CC(=O)O.NC(C(=O)O)C(O)c1ccc2c(c1)OCO2. The monoisotopic (exact) mass is 285 g/mol. The molecule has 1 heterocycles. The fraction of sp³-hybridized carbons (Fsp3) is 0.333. The predicted octanol–water partition coefficient (Wildman–Crippen LogP) is -0.0485. The standard InChI is InChI=1S/C10H11NO5.C2H4O2/c11-8(10(13)14)9(12)5-1-2-6-7(3-5)16-4-15-6;1-2(3)4/h1-3,8-9,12H,4,11H2,(H,13,14);1H3,(H,3,4). The number of aliphatic hydroxyl groups excluding tert-OH is 1. The van der Waals surface area contributed by atoms with Crippen LogP contribution in [0, 0.1) is 0 Å². The van der Waals surface area contributed by atoms with Gasteiger partial charge in [0.15, 0.2) is 11.5 Å². The molecule has 8 nitrogen and oxygen atoms in total. The second kappa shape index (κ2) is 6.73. The molecule has 1 aromatic rings. The number of hydrogen-bond acceptors (Lipinski definition) is 6. The van der Waals surface area contributed by atoms with Crippen LogP contribution in [0.5, 0.6) is 11.5 Å². The van der Waals surface area contributed by atoms with Crippen molar-refractivity contribution in [1.29, 1.82) is 0 Å². The zero-order valence-corrected chi connectivity index (χ0v) is 10.6. The highest BCUT2D eigenvalue weighted by molar-refractivity contribution is 5.74. The summed E-state index contributed by atoms with van der Waals surface area (Å²) < 4.78 is 10.2. The van der Waals surface area contributed by atoms with Gasteiger partial charge in [0.25, 0.3) is 5.97 Å². The van der Waals surface area contributed by atoms with Crippen LogP contribution in [0.2, 0.25) is 0 Å². The molecule has 1 aliphatic rings. The highest BCUT2D eigenvalue weighted by Gasteiger charge is 2.25. The Morgan fingerprint density at radius 1 is 1.25 bits per heavy atom. The third-order valence-corrected chi connectivity index (χ3v) is 2.36. The molecule has 110 valence electrons. The quantitative estimate of drug-likeness (QED) is 0.606. The van der Waals surface area contributed by atoms with Gasteiger partial charge >= 0.3 is 5.97 Å². The molecule has 0 amide bonds. The van der Waals surface area contributed by atoms with Crippen LogP contribution in [-0.2, 0) is 9.59 Å². The molecular formula is C12H15NO7. The number of aliphatic hydroxyl groups is 1. The summed E-state index contributed by atoms with van der Waals surface area (Å²) in [4.78, 5) is 19.6. The Labute approximate surface area is 114 Å². The van der Waals surface area contributed by atoms with Gasteiger partial charge in [-0.05, 0) is 17.7 Å². The molecule has 0 saturated heterocycles. The van der Waals surface area contributed by atoms with Crippen molar-refractivity contribution in [3.8, 4) is 11.5 Å². The molecule has 0 aliphatic carbocycles. The van der Waals surface area contributed by atoms with E-state index in [4.69, 9.17) is 30.2 Å². The van der Waals surface area contributed by atoms with E-state index in [1.165, 1.54) is 6.07 Å². The molecule has 0 bridgehead atoms. The summed E-state index contributed by atoms with van der Waals surface area (Å²) >= 11 is 0. The van der Waals surface area contributed by atoms with Crippen molar-refractivity contribution in [2.75, 3.05) is 6.79 Å². The van der Waals surface area contributed by atoms with E-state index < -0.39 is 24.1 Å². The third-order valence-electron chi connectivity index (χ3n) is 2.36. The maximum absolute atomic E-state index is 10.6. The van der Waals surface area contributed by atoms with Crippen LogP contribution >= 0.6 is 0 Å². The number of rotatable bonds is 3. The number of aliphatic carboxylic acids is 2. The first-order chi connectivity index (χ1) is 9.32. The van der Waals surface area contributed by atoms with Gasteiger partial charge in [-0.1, -0.05) is 6.07 Å². The average Bonchev–Trinajstić information content (AvgIpc) is 2.83. The van der Waals surface area contributed by atoms with Crippen LogP contribution in [0.25, 0.3) is 0 Å². The van der Waals surface area contributed by atoms with Crippen LogP contribution in [-0.4, -0.2) is 40.1 Å². The highest BCUT2D eigenvalue weighted by atomic mass is 16.7. The summed E-state index contributed by atoms with van der Waals surface area (Å²) in [6, 6.07) is 3.33. The normalized spacial score (nSPS) is 14.8. The predicted molar refractivity (Wildman–Crippen MR) is 66.4 cm³/mol. The number of carbonyl (C=O) groups is 2. The Morgan fingerprint density at radius 2 is 1.80 bits per heavy atom. The first kappa shape index (κ1) is 15.7. The van der Waals surface area contributed by atoms with Crippen LogP contribution in [0.15, 0.2) is 18.2 Å². The molecule has 1 aliphatic heterocycles. The second-order valence-electron chi connectivity index (χ2n) is 3.94. The molecule has 0 spiro atoms. The number of ether oxygens (including phenoxy) is 2. The Morgan fingerprint density at radius 3 is 2.35 bits per heavy atom. The van der Waals surface area contributed by atoms with Gasteiger partial charge in [-0.15, -0.1) is 0 Å². The van der Waals surface area contributed by atoms with Gasteiger partial charge in [0.05, 0.1) is 0 Å². The zero-order valence-electron chi connectivity index (χ0n) is 10.6. The molecule has 2 unspecified atom stereocenters. The van der Waals surface area contributed by atoms with E-state index in [9.17, 15) is 9.90 Å². The van der Waals surface area contributed by atoms with E-state index >= 15 is 0 Å². The fourth-order valence-corrected chi connectivity index (χ4v) is 1.44. The number of fused-ring (bicyclic) bond motifs is 1. The van der Waals surface area contributed by atoms with E-state index in [2.05, 4.69) is 0 Å².